The van der Waals surface area contributed by atoms with Gasteiger partial charge in [-0.3, -0.25) is 4.79 Å². The van der Waals surface area contributed by atoms with Crippen LogP contribution in [0.5, 0.6) is 0 Å². The largest absolute Gasteiger partial charge is 0.346 e. The lowest BCUT2D eigenvalue weighted by atomic mass is 9.77. The molecule has 1 rings (SSSR count). The van der Waals surface area contributed by atoms with E-state index in [9.17, 15) is 13.6 Å². The molecule has 0 aliphatic heterocycles. The average Bonchev–Trinajstić information content (AvgIpc) is 1.98. The number of rotatable bonds is 3. The van der Waals surface area contributed by atoms with Gasteiger partial charge in [0.1, 0.15) is 0 Å². The number of nitrogens with one attached hydrogen (secondary N) is 1. The van der Waals surface area contributed by atoms with Crippen molar-refractivity contribution >= 4 is 5.91 Å². The molecule has 0 bridgehead atoms. The molecule has 14 heavy (non-hydrogen) atoms. The highest BCUT2D eigenvalue weighted by Gasteiger charge is 2.42. The van der Waals surface area contributed by atoms with Crippen molar-refractivity contribution in [2.24, 2.45) is 5.73 Å². The van der Waals surface area contributed by atoms with Gasteiger partial charge in [-0.1, -0.05) is 0 Å². The summed E-state index contributed by atoms with van der Waals surface area (Å²) >= 11 is 0. The van der Waals surface area contributed by atoms with E-state index in [4.69, 9.17) is 5.73 Å². The standard InChI is InChI=1S/C9H16F2N2O/c1-6(8(2,10)11)13-7(14)9(12)4-3-5-9/h6H,3-5,12H2,1-2H3,(H,13,14). The molecule has 0 aromatic rings. The van der Waals surface area contributed by atoms with Crippen molar-refractivity contribution in [1.29, 1.82) is 0 Å². The van der Waals surface area contributed by atoms with Crippen molar-refractivity contribution in [3.05, 3.63) is 0 Å². The van der Waals surface area contributed by atoms with E-state index in [-0.39, 0.29) is 0 Å². The molecular formula is C9H16F2N2O. The SMILES string of the molecule is CC(NC(=O)C1(N)CCC1)C(C)(F)F. The van der Waals surface area contributed by atoms with Crippen LogP contribution in [0, 0.1) is 0 Å². The second kappa shape index (κ2) is 3.46. The summed E-state index contributed by atoms with van der Waals surface area (Å²) in [6.45, 7) is 2.06. The summed E-state index contributed by atoms with van der Waals surface area (Å²) in [5, 5.41) is 2.25. The van der Waals surface area contributed by atoms with Crippen molar-refractivity contribution < 1.29 is 13.6 Å². The molecule has 0 spiro atoms. The zero-order valence-electron chi connectivity index (χ0n) is 8.44. The minimum Gasteiger partial charge on any atom is -0.346 e. The maximum absolute atomic E-state index is 12.7. The molecule has 1 fully saturated rings. The second-order valence-corrected chi connectivity index (χ2v) is 4.16. The Kier molecular flexibility index (Phi) is 2.81. The Hall–Kier alpha value is -0.710. The van der Waals surface area contributed by atoms with Crippen LogP contribution in [0.3, 0.4) is 0 Å². The Labute approximate surface area is 82.0 Å². The van der Waals surface area contributed by atoms with E-state index >= 15 is 0 Å². The van der Waals surface area contributed by atoms with Gasteiger partial charge in [0.15, 0.2) is 0 Å². The fraction of sp³-hybridized carbons (Fsp3) is 0.889. The number of carbonyl (C=O) groups excluding carboxylic acids is 1. The van der Waals surface area contributed by atoms with Gasteiger partial charge >= 0.3 is 0 Å². The Morgan fingerprint density at radius 2 is 2.07 bits per heavy atom. The van der Waals surface area contributed by atoms with Crippen LogP contribution in [0.1, 0.15) is 33.1 Å². The fourth-order valence-electron chi connectivity index (χ4n) is 1.25. The lowest BCUT2D eigenvalue weighted by Gasteiger charge is -2.37. The molecule has 1 atom stereocenters. The number of halogens is 2. The van der Waals surface area contributed by atoms with Crippen LogP contribution in [0.2, 0.25) is 0 Å². The highest BCUT2D eigenvalue weighted by molar-refractivity contribution is 5.87. The van der Waals surface area contributed by atoms with Crippen LogP contribution in [-0.2, 0) is 4.79 Å². The van der Waals surface area contributed by atoms with Crippen molar-refractivity contribution in [1.82, 2.24) is 5.32 Å². The summed E-state index contributed by atoms with van der Waals surface area (Å²) < 4.78 is 25.5. The minimum absolute atomic E-state index is 0.460. The summed E-state index contributed by atoms with van der Waals surface area (Å²) in [7, 11) is 0. The molecule has 0 saturated heterocycles. The lowest BCUT2D eigenvalue weighted by Crippen LogP contribution is -2.61. The third-order valence-corrected chi connectivity index (χ3v) is 2.81. The quantitative estimate of drug-likeness (QED) is 0.724. The molecule has 0 aromatic carbocycles. The number of hydrogen-bond donors (Lipinski definition) is 2. The van der Waals surface area contributed by atoms with E-state index in [1.165, 1.54) is 6.92 Å². The first-order chi connectivity index (χ1) is 6.26. The molecule has 1 unspecified atom stereocenters. The van der Waals surface area contributed by atoms with Gasteiger partial charge in [-0.2, -0.15) is 0 Å². The maximum Gasteiger partial charge on any atom is 0.264 e. The molecule has 5 heteroatoms. The monoisotopic (exact) mass is 206 g/mol. The first kappa shape index (κ1) is 11.4. The normalized spacial score (nSPS) is 22.4. The van der Waals surface area contributed by atoms with Gasteiger partial charge in [-0.25, -0.2) is 8.78 Å². The summed E-state index contributed by atoms with van der Waals surface area (Å²) in [5.41, 5.74) is 4.78. The molecule has 0 radical (unpaired) electrons. The Morgan fingerprint density at radius 1 is 1.57 bits per heavy atom. The Bertz CT molecular complexity index is 233. The molecular weight excluding hydrogens is 190 g/mol. The lowest BCUT2D eigenvalue weighted by molar-refractivity contribution is -0.132. The first-order valence-electron chi connectivity index (χ1n) is 4.73. The van der Waals surface area contributed by atoms with Gasteiger partial charge in [-0.15, -0.1) is 0 Å². The summed E-state index contributed by atoms with van der Waals surface area (Å²) in [6.07, 6.45) is 2.06. The molecule has 1 amide bonds. The molecule has 1 aliphatic rings. The molecule has 1 aliphatic carbocycles. The zero-order chi connectivity index (χ0) is 11.0. The van der Waals surface area contributed by atoms with Gasteiger partial charge in [0.05, 0.1) is 11.6 Å². The van der Waals surface area contributed by atoms with Gasteiger partial charge in [0.25, 0.3) is 5.92 Å². The van der Waals surface area contributed by atoms with Gasteiger partial charge in [-0.05, 0) is 26.2 Å². The van der Waals surface area contributed by atoms with E-state index in [1.54, 1.807) is 0 Å². The molecule has 3 nitrogen and oxygen atoms in total. The maximum atomic E-state index is 12.7. The predicted octanol–water partition coefficient (Wildman–Crippen LogP) is 1.03. The third-order valence-electron chi connectivity index (χ3n) is 2.81. The van der Waals surface area contributed by atoms with Crippen LogP contribution in [-0.4, -0.2) is 23.4 Å². The van der Waals surface area contributed by atoms with E-state index in [0.29, 0.717) is 12.8 Å². The molecule has 0 aromatic heterocycles. The first-order valence-corrected chi connectivity index (χ1v) is 4.73. The molecule has 1 saturated carbocycles. The Morgan fingerprint density at radius 3 is 2.36 bits per heavy atom. The molecule has 0 heterocycles. The fourth-order valence-corrected chi connectivity index (χ4v) is 1.25. The summed E-state index contributed by atoms with van der Waals surface area (Å²) in [5.74, 6) is -3.37. The van der Waals surface area contributed by atoms with Crippen molar-refractivity contribution in [2.45, 2.75) is 50.6 Å². The highest BCUT2D eigenvalue weighted by atomic mass is 19.3. The van der Waals surface area contributed by atoms with E-state index in [0.717, 1.165) is 13.3 Å². The van der Waals surface area contributed by atoms with E-state index < -0.39 is 23.4 Å². The summed E-state index contributed by atoms with van der Waals surface area (Å²) in [6, 6.07) is -1.17. The topological polar surface area (TPSA) is 55.1 Å². The van der Waals surface area contributed by atoms with Crippen molar-refractivity contribution in [2.75, 3.05) is 0 Å². The molecule has 82 valence electrons. The number of carbonyl (C=O) groups is 1. The number of hydrogen-bond acceptors (Lipinski definition) is 2. The van der Waals surface area contributed by atoms with Crippen LogP contribution in [0.15, 0.2) is 0 Å². The second-order valence-electron chi connectivity index (χ2n) is 4.16. The van der Waals surface area contributed by atoms with Gasteiger partial charge < -0.3 is 11.1 Å². The van der Waals surface area contributed by atoms with E-state index in [1.807, 2.05) is 0 Å². The Balaban J connectivity index is 2.49. The van der Waals surface area contributed by atoms with E-state index in [2.05, 4.69) is 5.32 Å². The van der Waals surface area contributed by atoms with Crippen molar-refractivity contribution in [3.63, 3.8) is 0 Å². The summed E-state index contributed by atoms with van der Waals surface area (Å²) in [4.78, 5) is 11.4. The highest BCUT2D eigenvalue weighted by Crippen LogP contribution is 2.29. The van der Waals surface area contributed by atoms with Gasteiger partial charge in [0.2, 0.25) is 5.91 Å². The smallest absolute Gasteiger partial charge is 0.264 e. The third kappa shape index (κ3) is 2.20. The van der Waals surface area contributed by atoms with Crippen LogP contribution in [0.25, 0.3) is 0 Å². The van der Waals surface area contributed by atoms with Gasteiger partial charge in [0, 0.05) is 6.92 Å². The molecule has 3 N–H and O–H groups in total. The average molecular weight is 206 g/mol. The predicted molar refractivity (Wildman–Crippen MR) is 49.0 cm³/mol. The number of amides is 1. The van der Waals surface area contributed by atoms with Crippen molar-refractivity contribution in [3.8, 4) is 0 Å². The van der Waals surface area contributed by atoms with Crippen LogP contribution in [0.4, 0.5) is 8.78 Å². The minimum atomic E-state index is -2.91. The van der Waals surface area contributed by atoms with Crippen LogP contribution >= 0.6 is 0 Å². The zero-order valence-corrected chi connectivity index (χ0v) is 8.44. The number of alkyl halides is 2. The van der Waals surface area contributed by atoms with Crippen LogP contribution < -0.4 is 11.1 Å². The number of nitrogens with two attached hydrogens (primary N) is 1.